The van der Waals surface area contributed by atoms with Gasteiger partial charge in [-0.05, 0) is 12.8 Å². The van der Waals surface area contributed by atoms with Gasteiger partial charge >= 0.3 is 0 Å². The van der Waals surface area contributed by atoms with Crippen molar-refractivity contribution in [3.63, 3.8) is 0 Å². The molecule has 100 valence electrons. The molecule has 0 saturated carbocycles. The lowest BCUT2D eigenvalue weighted by atomic mass is 10.2. The van der Waals surface area contributed by atoms with E-state index in [9.17, 15) is 4.79 Å². The van der Waals surface area contributed by atoms with Crippen LogP contribution in [0.2, 0.25) is 0 Å². The van der Waals surface area contributed by atoms with Crippen LogP contribution in [0, 0.1) is 0 Å². The van der Waals surface area contributed by atoms with Gasteiger partial charge in [0, 0.05) is 13.1 Å². The Balaban J connectivity index is 2.38. The lowest BCUT2D eigenvalue weighted by molar-refractivity contribution is 0.0947. The van der Waals surface area contributed by atoms with E-state index >= 15 is 0 Å². The number of aromatic nitrogens is 2. The lowest BCUT2D eigenvalue weighted by Gasteiger charge is -2.05. The van der Waals surface area contributed by atoms with E-state index in [0.717, 1.165) is 32.2 Å². The molecule has 0 saturated heterocycles. The second-order valence-electron chi connectivity index (χ2n) is 4.18. The van der Waals surface area contributed by atoms with Crippen molar-refractivity contribution in [2.24, 2.45) is 0 Å². The van der Waals surface area contributed by atoms with Gasteiger partial charge in [-0.2, -0.15) is 0 Å². The molecule has 1 heterocycles. The van der Waals surface area contributed by atoms with Crippen LogP contribution in [0.5, 0.6) is 0 Å². The number of hydrogen-bond acceptors (Lipinski definition) is 4. The van der Waals surface area contributed by atoms with Crippen molar-refractivity contribution in [2.45, 2.75) is 39.5 Å². The number of nitrogens with one attached hydrogen (secondary N) is 2. The van der Waals surface area contributed by atoms with Crippen LogP contribution in [0.1, 0.15) is 50.0 Å². The summed E-state index contributed by atoms with van der Waals surface area (Å²) in [5.74, 6) is 0.556. The summed E-state index contributed by atoms with van der Waals surface area (Å²) in [6, 6.07) is 0. The number of carbonyl (C=O) groups is 1. The zero-order valence-corrected chi connectivity index (χ0v) is 11.2. The minimum Gasteiger partial charge on any atom is -0.369 e. The third kappa shape index (κ3) is 5.12. The summed E-state index contributed by atoms with van der Waals surface area (Å²) < 4.78 is 0. The van der Waals surface area contributed by atoms with Gasteiger partial charge in [0.15, 0.2) is 0 Å². The van der Waals surface area contributed by atoms with E-state index in [-0.39, 0.29) is 5.91 Å². The predicted octanol–water partition coefficient (Wildman–Crippen LogP) is 2.22. The highest BCUT2D eigenvalue weighted by Gasteiger charge is 2.06. The van der Waals surface area contributed by atoms with Gasteiger partial charge in [0.1, 0.15) is 11.5 Å². The first-order valence-corrected chi connectivity index (χ1v) is 6.62. The van der Waals surface area contributed by atoms with Crippen LogP contribution in [0.25, 0.3) is 0 Å². The van der Waals surface area contributed by atoms with Crippen LogP contribution in [0.4, 0.5) is 5.82 Å². The summed E-state index contributed by atoms with van der Waals surface area (Å²) in [7, 11) is 0. The molecule has 5 heteroatoms. The van der Waals surface area contributed by atoms with Crippen molar-refractivity contribution in [3.8, 4) is 0 Å². The van der Waals surface area contributed by atoms with Crippen molar-refractivity contribution < 1.29 is 4.79 Å². The molecule has 0 aliphatic carbocycles. The van der Waals surface area contributed by atoms with Gasteiger partial charge in [0.05, 0.1) is 12.4 Å². The van der Waals surface area contributed by atoms with Crippen LogP contribution in [0.3, 0.4) is 0 Å². The molecule has 0 aliphatic rings. The number of carbonyl (C=O) groups excluding carboxylic acids is 1. The van der Waals surface area contributed by atoms with E-state index in [2.05, 4.69) is 34.4 Å². The second kappa shape index (κ2) is 8.44. The molecule has 0 atom stereocenters. The van der Waals surface area contributed by atoms with Crippen molar-refractivity contribution >= 4 is 11.7 Å². The van der Waals surface area contributed by atoms with E-state index in [1.807, 2.05) is 0 Å². The minimum absolute atomic E-state index is 0.152. The third-order valence-electron chi connectivity index (χ3n) is 2.51. The summed E-state index contributed by atoms with van der Waals surface area (Å²) in [6.45, 7) is 5.77. The maximum absolute atomic E-state index is 11.7. The van der Waals surface area contributed by atoms with Crippen LogP contribution in [-0.2, 0) is 0 Å². The SMILES string of the molecule is CCCCCNC(=O)c1cnc(NCCC)cn1. The van der Waals surface area contributed by atoms with Gasteiger partial charge in [-0.3, -0.25) is 4.79 Å². The average molecular weight is 250 g/mol. The summed E-state index contributed by atoms with van der Waals surface area (Å²) in [4.78, 5) is 19.9. The molecule has 0 spiro atoms. The highest BCUT2D eigenvalue weighted by Crippen LogP contribution is 2.01. The molecule has 1 amide bonds. The third-order valence-corrected chi connectivity index (χ3v) is 2.51. The molecule has 18 heavy (non-hydrogen) atoms. The maximum atomic E-state index is 11.7. The van der Waals surface area contributed by atoms with Crippen molar-refractivity contribution in [3.05, 3.63) is 18.1 Å². The molecule has 0 fully saturated rings. The Morgan fingerprint density at radius 2 is 1.94 bits per heavy atom. The maximum Gasteiger partial charge on any atom is 0.271 e. The molecule has 1 aromatic rings. The number of nitrogens with zero attached hydrogens (tertiary/aromatic N) is 2. The summed E-state index contributed by atoms with van der Waals surface area (Å²) in [5.41, 5.74) is 0.369. The zero-order chi connectivity index (χ0) is 13.2. The summed E-state index contributed by atoms with van der Waals surface area (Å²) in [5, 5.41) is 5.95. The fourth-order valence-corrected chi connectivity index (χ4v) is 1.46. The standard InChI is InChI=1S/C13H22N4O/c1-3-5-6-8-15-13(18)11-9-17-12(10-16-11)14-7-4-2/h9-10H,3-8H2,1-2H3,(H,14,17)(H,15,18). The monoisotopic (exact) mass is 250 g/mol. The normalized spacial score (nSPS) is 10.1. The summed E-state index contributed by atoms with van der Waals surface area (Å²) in [6.07, 6.45) is 7.41. The van der Waals surface area contributed by atoms with Crippen LogP contribution < -0.4 is 10.6 Å². The van der Waals surface area contributed by atoms with Gasteiger partial charge in [-0.15, -0.1) is 0 Å². The van der Waals surface area contributed by atoms with E-state index in [4.69, 9.17) is 0 Å². The predicted molar refractivity (Wildman–Crippen MR) is 72.7 cm³/mol. The molecule has 2 N–H and O–H groups in total. The molecule has 1 aromatic heterocycles. The Bertz CT molecular complexity index is 351. The van der Waals surface area contributed by atoms with Gasteiger partial charge in [0.25, 0.3) is 5.91 Å². The Labute approximate surface area is 108 Å². The Morgan fingerprint density at radius 1 is 1.11 bits per heavy atom. The molecule has 0 aliphatic heterocycles. The smallest absolute Gasteiger partial charge is 0.271 e. The van der Waals surface area contributed by atoms with Gasteiger partial charge in [-0.25, -0.2) is 9.97 Å². The van der Waals surface area contributed by atoms with E-state index in [1.165, 1.54) is 6.20 Å². The average Bonchev–Trinajstić information content (AvgIpc) is 2.41. The first-order chi connectivity index (χ1) is 8.77. The van der Waals surface area contributed by atoms with E-state index < -0.39 is 0 Å². The number of unbranched alkanes of at least 4 members (excludes halogenated alkanes) is 2. The molecule has 0 radical (unpaired) electrons. The first kappa shape index (κ1) is 14.4. The van der Waals surface area contributed by atoms with Crippen molar-refractivity contribution in [2.75, 3.05) is 18.4 Å². The molecule has 0 bridgehead atoms. The number of amides is 1. The minimum atomic E-state index is -0.152. The fraction of sp³-hybridized carbons (Fsp3) is 0.615. The highest BCUT2D eigenvalue weighted by atomic mass is 16.1. The zero-order valence-electron chi connectivity index (χ0n) is 11.2. The Morgan fingerprint density at radius 3 is 2.56 bits per heavy atom. The van der Waals surface area contributed by atoms with Crippen molar-refractivity contribution in [1.29, 1.82) is 0 Å². The topological polar surface area (TPSA) is 66.9 Å². The lowest BCUT2D eigenvalue weighted by Crippen LogP contribution is -2.25. The van der Waals surface area contributed by atoms with E-state index in [1.54, 1.807) is 6.20 Å². The highest BCUT2D eigenvalue weighted by molar-refractivity contribution is 5.91. The second-order valence-corrected chi connectivity index (χ2v) is 4.18. The van der Waals surface area contributed by atoms with Gasteiger partial charge < -0.3 is 10.6 Å². The molecule has 0 aromatic carbocycles. The molecular weight excluding hydrogens is 228 g/mol. The van der Waals surface area contributed by atoms with Gasteiger partial charge in [-0.1, -0.05) is 26.7 Å². The largest absolute Gasteiger partial charge is 0.369 e. The van der Waals surface area contributed by atoms with Crippen LogP contribution in [0.15, 0.2) is 12.4 Å². The molecule has 5 nitrogen and oxygen atoms in total. The number of rotatable bonds is 8. The molecule has 1 rings (SSSR count). The molecular formula is C13H22N4O. The van der Waals surface area contributed by atoms with Crippen LogP contribution in [-0.4, -0.2) is 29.0 Å². The Kier molecular flexibility index (Phi) is 6.76. The van der Waals surface area contributed by atoms with Crippen LogP contribution >= 0.6 is 0 Å². The Hall–Kier alpha value is -1.65. The van der Waals surface area contributed by atoms with Crippen molar-refractivity contribution in [1.82, 2.24) is 15.3 Å². The number of anilines is 1. The summed E-state index contributed by atoms with van der Waals surface area (Å²) >= 11 is 0. The van der Waals surface area contributed by atoms with Gasteiger partial charge in [0.2, 0.25) is 0 Å². The van der Waals surface area contributed by atoms with E-state index in [0.29, 0.717) is 18.1 Å². The molecule has 0 unspecified atom stereocenters. The first-order valence-electron chi connectivity index (χ1n) is 6.62. The fourth-order valence-electron chi connectivity index (χ4n) is 1.46. The quantitative estimate of drug-likeness (QED) is 0.694. The number of hydrogen-bond donors (Lipinski definition) is 2.